The molecular weight excluding hydrogens is 516 g/mol. The smallest absolute Gasteiger partial charge is 0.307 e. The first-order valence-corrected chi connectivity index (χ1v) is 11.7. The summed E-state index contributed by atoms with van der Waals surface area (Å²) in [4.78, 5) is 12.6. The highest BCUT2D eigenvalue weighted by Gasteiger charge is 2.13. The SMILES string of the molecule is O=C(N/N=C/c1c(OCc2ccccc2Cl)ccc2ccccc12)c1cc2cc(Br)ccc2o1. The number of carbonyl (C=O) groups is 1. The Labute approximate surface area is 209 Å². The normalized spacial score (nSPS) is 11.4. The number of halogens is 2. The molecule has 1 heterocycles. The van der Waals surface area contributed by atoms with Gasteiger partial charge in [0.1, 0.15) is 17.9 Å². The van der Waals surface area contributed by atoms with E-state index in [4.69, 9.17) is 20.8 Å². The molecule has 0 spiro atoms. The minimum atomic E-state index is -0.442. The van der Waals surface area contributed by atoms with Gasteiger partial charge in [0, 0.05) is 26.0 Å². The van der Waals surface area contributed by atoms with E-state index in [1.807, 2.05) is 72.8 Å². The summed E-state index contributed by atoms with van der Waals surface area (Å²) in [5.74, 6) is 0.367. The Hall–Kier alpha value is -3.61. The van der Waals surface area contributed by atoms with Gasteiger partial charge in [-0.15, -0.1) is 0 Å². The van der Waals surface area contributed by atoms with Crippen LogP contribution in [-0.2, 0) is 6.61 Å². The highest BCUT2D eigenvalue weighted by atomic mass is 79.9. The molecule has 0 aliphatic heterocycles. The lowest BCUT2D eigenvalue weighted by atomic mass is 10.0. The molecule has 0 aliphatic rings. The van der Waals surface area contributed by atoms with E-state index in [2.05, 4.69) is 26.5 Å². The minimum Gasteiger partial charge on any atom is -0.488 e. The summed E-state index contributed by atoms with van der Waals surface area (Å²) in [6, 6.07) is 26.6. The molecular formula is C27H18BrClN2O3. The molecule has 0 bridgehead atoms. The maximum atomic E-state index is 12.6. The predicted octanol–water partition coefficient (Wildman–Crippen LogP) is 7.34. The zero-order valence-electron chi connectivity index (χ0n) is 17.8. The number of nitrogens with zero attached hydrogens (tertiary/aromatic N) is 1. The summed E-state index contributed by atoms with van der Waals surface area (Å²) >= 11 is 9.69. The van der Waals surface area contributed by atoms with Crippen LogP contribution in [0.1, 0.15) is 21.7 Å². The first-order chi connectivity index (χ1) is 16.6. The zero-order chi connectivity index (χ0) is 23.5. The highest BCUT2D eigenvalue weighted by Crippen LogP contribution is 2.28. The second kappa shape index (κ2) is 9.71. The number of fused-ring (bicyclic) bond motifs is 2. The molecule has 0 atom stereocenters. The van der Waals surface area contributed by atoms with Crippen LogP contribution >= 0.6 is 27.5 Å². The van der Waals surface area contributed by atoms with Crippen LogP contribution in [0.25, 0.3) is 21.7 Å². The molecule has 1 amide bonds. The van der Waals surface area contributed by atoms with E-state index in [0.29, 0.717) is 23.0 Å². The van der Waals surface area contributed by atoms with Gasteiger partial charge in [-0.2, -0.15) is 5.10 Å². The fourth-order valence-corrected chi connectivity index (χ4v) is 4.21. The third-order valence-corrected chi connectivity index (χ3v) is 6.20. The first-order valence-electron chi connectivity index (χ1n) is 10.5. The molecule has 0 fully saturated rings. The largest absolute Gasteiger partial charge is 0.488 e. The van der Waals surface area contributed by atoms with Gasteiger partial charge in [0.25, 0.3) is 0 Å². The molecule has 4 aromatic carbocycles. The van der Waals surface area contributed by atoms with Crippen LogP contribution in [0.4, 0.5) is 0 Å². The Bertz CT molecular complexity index is 1540. The lowest BCUT2D eigenvalue weighted by Crippen LogP contribution is -2.16. The van der Waals surface area contributed by atoms with Crippen molar-refractivity contribution in [2.45, 2.75) is 6.61 Å². The van der Waals surface area contributed by atoms with Crippen molar-refractivity contribution in [3.05, 3.63) is 111 Å². The molecule has 0 saturated carbocycles. The summed E-state index contributed by atoms with van der Waals surface area (Å²) in [7, 11) is 0. The number of nitrogens with one attached hydrogen (secondary N) is 1. The highest BCUT2D eigenvalue weighted by molar-refractivity contribution is 9.10. The van der Waals surface area contributed by atoms with Crippen molar-refractivity contribution in [1.82, 2.24) is 5.43 Å². The van der Waals surface area contributed by atoms with Crippen molar-refractivity contribution >= 4 is 61.4 Å². The average molecular weight is 534 g/mol. The van der Waals surface area contributed by atoms with Crippen LogP contribution in [0, 0.1) is 0 Å². The molecule has 1 aromatic heterocycles. The van der Waals surface area contributed by atoms with Crippen molar-refractivity contribution < 1.29 is 13.9 Å². The van der Waals surface area contributed by atoms with Crippen LogP contribution < -0.4 is 10.2 Å². The van der Waals surface area contributed by atoms with E-state index >= 15 is 0 Å². The maximum Gasteiger partial charge on any atom is 0.307 e. The van der Waals surface area contributed by atoms with Gasteiger partial charge in [-0.1, -0.05) is 76.1 Å². The number of hydrogen-bond donors (Lipinski definition) is 1. The van der Waals surface area contributed by atoms with Crippen LogP contribution in [0.3, 0.4) is 0 Å². The summed E-state index contributed by atoms with van der Waals surface area (Å²) in [5, 5.41) is 7.64. The summed E-state index contributed by atoms with van der Waals surface area (Å²) in [5.41, 5.74) is 4.80. The molecule has 34 heavy (non-hydrogen) atoms. The fraction of sp³-hybridized carbons (Fsp3) is 0.0370. The Morgan fingerprint density at radius 2 is 1.82 bits per heavy atom. The molecule has 0 aliphatic carbocycles. The Morgan fingerprint density at radius 3 is 2.71 bits per heavy atom. The zero-order valence-corrected chi connectivity index (χ0v) is 20.1. The number of rotatable bonds is 6. The van der Waals surface area contributed by atoms with Crippen LogP contribution in [0.15, 0.2) is 98.9 Å². The molecule has 0 saturated heterocycles. The van der Waals surface area contributed by atoms with Crippen LogP contribution in [0.2, 0.25) is 5.02 Å². The van der Waals surface area contributed by atoms with E-state index in [1.165, 1.54) is 0 Å². The number of furan rings is 1. The van der Waals surface area contributed by atoms with Gasteiger partial charge in [-0.05, 0) is 47.2 Å². The van der Waals surface area contributed by atoms with Crippen molar-refractivity contribution in [2.75, 3.05) is 0 Å². The number of ether oxygens (including phenoxy) is 1. The van der Waals surface area contributed by atoms with E-state index in [1.54, 1.807) is 18.3 Å². The molecule has 1 N–H and O–H groups in total. The Morgan fingerprint density at radius 1 is 1.00 bits per heavy atom. The van der Waals surface area contributed by atoms with Crippen molar-refractivity contribution in [2.24, 2.45) is 5.10 Å². The molecule has 5 nitrogen and oxygen atoms in total. The summed E-state index contributed by atoms with van der Waals surface area (Å²) in [6.07, 6.45) is 1.58. The van der Waals surface area contributed by atoms with Gasteiger partial charge in [0.05, 0.1) is 6.21 Å². The van der Waals surface area contributed by atoms with E-state index in [0.717, 1.165) is 31.8 Å². The number of hydrogen-bond acceptors (Lipinski definition) is 4. The van der Waals surface area contributed by atoms with Gasteiger partial charge in [0.2, 0.25) is 0 Å². The van der Waals surface area contributed by atoms with Gasteiger partial charge in [-0.3, -0.25) is 4.79 Å². The van der Waals surface area contributed by atoms with Gasteiger partial charge >= 0.3 is 5.91 Å². The maximum absolute atomic E-state index is 12.6. The third-order valence-electron chi connectivity index (χ3n) is 5.33. The van der Waals surface area contributed by atoms with E-state index < -0.39 is 5.91 Å². The number of hydrazone groups is 1. The quantitative estimate of drug-likeness (QED) is 0.183. The van der Waals surface area contributed by atoms with Gasteiger partial charge in [-0.25, -0.2) is 5.43 Å². The standard InChI is InChI=1S/C27H18BrClN2O3/c28-20-10-12-24-19(13-20)14-26(34-24)27(32)31-30-15-22-21-7-3-1-5-17(21)9-11-25(22)33-16-18-6-2-4-8-23(18)29/h1-15H,16H2,(H,31,32)/b30-15+. The average Bonchev–Trinajstić information content (AvgIpc) is 3.27. The lowest BCUT2D eigenvalue weighted by Gasteiger charge is -2.12. The number of benzene rings is 4. The van der Waals surface area contributed by atoms with Crippen LogP contribution in [0.5, 0.6) is 5.75 Å². The monoisotopic (exact) mass is 532 g/mol. The van der Waals surface area contributed by atoms with Crippen molar-refractivity contribution in [3.8, 4) is 5.75 Å². The summed E-state index contributed by atoms with van der Waals surface area (Å²) < 4.78 is 12.6. The topological polar surface area (TPSA) is 63.8 Å². The van der Waals surface area contributed by atoms with E-state index in [9.17, 15) is 4.79 Å². The number of amides is 1. The summed E-state index contributed by atoms with van der Waals surface area (Å²) in [6.45, 7) is 0.305. The molecule has 5 rings (SSSR count). The molecule has 5 aromatic rings. The van der Waals surface area contributed by atoms with Crippen LogP contribution in [-0.4, -0.2) is 12.1 Å². The Balaban J connectivity index is 1.40. The number of carbonyl (C=O) groups excluding carboxylic acids is 1. The first kappa shape index (κ1) is 22.2. The molecule has 0 unspecified atom stereocenters. The fourth-order valence-electron chi connectivity index (χ4n) is 3.64. The minimum absolute atomic E-state index is 0.179. The lowest BCUT2D eigenvalue weighted by molar-refractivity contribution is 0.0929. The Kier molecular flexibility index (Phi) is 6.34. The van der Waals surface area contributed by atoms with Crippen molar-refractivity contribution in [1.29, 1.82) is 0 Å². The van der Waals surface area contributed by atoms with Gasteiger partial charge < -0.3 is 9.15 Å². The molecule has 168 valence electrons. The van der Waals surface area contributed by atoms with Gasteiger partial charge in [0.15, 0.2) is 5.76 Å². The predicted molar refractivity (Wildman–Crippen MR) is 139 cm³/mol. The van der Waals surface area contributed by atoms with Crippen molar-refractivity contribution in [3.63, 3.8) is 0 Å². The van der Waals surface area contributed by atoms with E-state index in [-0.39, 0.29) is 5.76 Å². The second-order valence-corrected chi connectivity index (χ2v) is 8.89. The third kappa shape index (κ3) is 4.69. The molecule has 7 heteroatoms. The second-order valence-electron chi connectivity index (χ2n) is 7.57. The molecule has 0 radical (unpaired) electrons.